The van der Waals surface area contributed by atoms with Gasteiger partial charge in [-0.25, -0.2) is 4.79 Å². The van der Waals surface area contributed by atoms with E-state index < -0.39 is 5.97 Å². The van der Waals surface area contributed by atoms with E-state index >= 15 is 0 Å². The summed E-state index contributed by atoms with van der Waals surface area (Å²) in [6, 6.07) is 3.74. The van der Waals surface area contributed by atoms with E-state index in [1.807, 2.05) is 6.07 Å². The van der Waals surface area contributed by atoms with Crippen LogP contribution in [0.15, 0.2) is 12.3 Å². The first-order chi connectivity index (χ1) is 9.65. The molecule has 0 saturated carbocycles. The van der Waals surface area contributed by atoms with Gasteiger partial charge in [-0.1, -0.05) is 5.92 Å². The van der Waals surface area contributed by atoms with Crippen molar-refractivity contribution in [3.05, 3.63) is 23.5 Å². The van der Waals surface area contributed by atoms with Crippen LogP contribution in [-0.4, -0.2) is 41.2 Å². The first kappa shape index (κ1) is 14.2. The zero-order valence-corrected chi connectivity index (χ0v) is 11.5. The summed E-state index contributed by atoms with van der Waals surface area (Å²) in [5.74, 6) is 2.22. The van der Waals surface area contributed by atoms with Gasteiger partial charge in [-0.3, -0.25) is 4.90 Å². The molecule has 2 heterocycles. The molecule has 1 aromatic rings. The van der Waals surface area contributed by atoms with Crippen molar-refractivity contribution < 1.29 is 9.53 Å². The van der Waals surface area contributed by atoms with Gasteiger partial charge >= 0.3 is 5.97 Å². The number of terminal acetylenes is 1. The molecule has 0 aliphatic carbocycles. The first-order valence-corrected chi connectivity index (χ1v) is 6.56. The van der Waals surface area contributed by atoms with Gasteiger partial charge < -0.3 is 9.30 Å². The standard InChI is InChI=1S/C15H17N3O2/c1-3-6-18-7-4-5-13(18)11-20-15(19)14-8-12(9-16)10-17(14)2/h1,8,10,13H,4-7,11H2,2H3/t13-/m0/s1. The van der Waals surface area contributed by atoms with Crippen LogP contribution in [0.4, 0.5) is 0 Å². The van der Waals surface area contributed by atoms with Crippen LogP contribution in [0.25, 0.3) is 0 Å². The third kappa shape index (κ3) is 3.01. The summed E-state index contributed by atoms with van der Waals surface area (Å²) >= 11 is 0. The van der Waals surface area contributed by atoms with Crippen LogP contribution in [0.3, 0.4) is 0 Å². The van der Waals surface area contributed by atoms with E-state index in [2.05, 4.69) is 10.8 Å². The smallest absolute Gasteiger partial charge is 0.355 e. The second-order valence-electron chi connectivity index (χ2n) is 4.91. The molecule has 1 fully saturated rings. The Morgan fingerprint density at radius 3 is 3.10 bits per heavy atom. The van der Waals surface area contributed by atoms with Crippen molar-refractivity contribution in [2.24, 2.45) is 7.05 Å². The molecule has 1 aliphatic rings. The fraction of sp³-hybridized carbons (Fsp3) is 0.467. The summed E-state index contributed by atoms with van der Waals surface area (Å²) in [4.78, 5) is 14.2. The summed E-state index contributed by atoms with van der Waals surface area (Å²) in [5.41, 5.74) is 0.845. The lowest BCUT2D eigenvalue weighted by atomic mass is 10.2. The maximum atomic E-state index is 12.0. The molecule has 1 aliphatic heterocycles. The zero-order chi connectivity index (χ0) is 14.5. The van der Waals surface area contributed by atoms with Gasteiger partial charge in [-0.15, -0.1) is 6.42 Å². The van der Waals surface area contributed by atoms with Crippen molar-refractivity contribution in [2.45, 2.75) is 18.9 Å². The highest BCUT2D eigenvalue weighted by Gasteiger charge is 2.25. The Kier molecular flexibility index (Phi) is 4.45. The second kappa shape index (κ2) is 6.27. The average Bonchev–Trinajstić information content (AvgIpc) is 3.03. The topological polar surface area (TPSA) is 58.3 Å². The monoisotopic (exact) mass is 271 g/mol. The normalized spacial score (nSPS) is 18.4. The molecule has 0 amide bonds. The van der Waals surface area contributed by atoms with E-state index in [1.54, 1.807) is 17.8 Å². The number of aromatic nitrogens is 1. The quantitative estimate of drug-likeness (QED) is 0.609. The van der Waals surface area contributed by atoms with Gasteiger partial charge in [0.1, 0.15) is 18.4 Å². The highest BCUT2D eigenvalue weighted by atomic mass is 16.5. The molecule has 1 atom stereocenters. The average molecular weight is 271 g/mol. The Bertz CT molecular complexity index is 577. The van der Waals surface area contributed by atoms with Crippen LogP contribution in [0, 0.1) is 23.7 Å². The van der Waals surface area contributed by atoms with Crippen LogP contribution in [-0.2, 0) is 11.8 Å². The summed E-state index contributed by atoms with van der Waals surface area (Å²) in [5, 5.41) is 8.81. The minimum Gasteiger partial charge on any atom is -0.459 e. The van der Waals surface area contributed by atoms with E-state index in [4.69, 9.17) is 16.4 Å². The van der Waals surface area contributed by atoms with E-state index in [1.165, 1.54) is 6.07 Å². The molecule has 5 nitrogen and oxygen atoms in total. The van der Waals surface area contributed by atoms with Gasteiger partial charge in [0, 0.05) is 19.3 Å². The van der Waals surface area contributed by atoms with Crippen molar-refractivity contribution in [2.75, 3.05) is 19.7 Å². The summed E-state index contributed by atoms with van der Waals surface area (Å²) in [6.07, 6.45) is 9.00. The third-order valence-corrected chi connectivity index (χ3v) is 3.54. The number of rotatable bonds is 4. The Hall–Kier alpha value is -2.24. The molecule has 1 saturated heterocycles. The molecule has 5 heteroatoms. The molecule has 104 valence electrons. The summed E-state index contributed by atoms with van der Waals surface area (Å²) < 4.78 is 6.95. The van der Waals surface area contributed by atoms with Crippen LogP contribution >= 0.6 is 0 Å². The molecular weight excluding hydrogens is 254 g/mol. The van der Waals surface area contributed by atoms with Crippen molar-refractivity contribution in [3.63, 3.8) is 0 Å². The molecule has 0 unspecified atom stereocenters. The first-order valence-electron chi connectivity index (χ1n) is 6.56. The number of carbonyl (C=O) groups is 1. The number of ether oxygens (including phenoxy) is 1. The van der Waals surface area contributed by atoms with E-state index in [-0.39, 0.29) is 6.04 Å². The van der Waals surface area contributed by atoms with Gasteiger partial charge in [-0.2, -0.15) is 5.26 Å². The second-order valence-corrected chi connectivity index (χ2v) is 4.91. The molecule has 0 spiro atoms. The number of likely N-dealkylation sites (tertiary alicyclic amines) is 1. The number of carbonyl (C=O) groups excluding carboxylic acids is 1. The number of nitriles is 1. The van der Waals surface area contributed by atoms with Crippen LogP contribution < -0.4 is 0 Å². The van der Waals surface area contributed by atoms with Crippen molar-refractivity contribution in [1.29, 1.82) is 5.26 Å². The molecule has 0 N–H and O–H groups in total. The summed E-state index contributed by atoms with van der Waals surface area (Å²) in [6.45, 7) is 1.88. The predicted molar refractivity (Wildman–Crippen MR) is 73.8 cm³/mol. The fourth-order valence-corrected chi connectivity index (χ4v) is 2.48. The number of esters is 1. The van der Waals surface area contributed by atoms with Crippen molar-refractivity contribution in [3.8, 4) is 18.4 Å². The van der Waals surface area contributed by atoms with Crippen LogP contribution in [0.2, 0.25) is 0 Å². The highest BCUT2D eigenvalue weighted by molar-refractivity contribution is 5.88. The lowest BCUT2D eigenvalue weighted by molar-refractivity contribution is 0.0397. The largest absolute Gasteiger partial charge is 0.459 e. The number of hydrogen-bond acceptors (Lipinski definition) is 4. The molecule has 0 aromatic carbocycles. The maximum absolute atomic E-state index is 12.0. The molecule has 0 bridgehead atoms. The third-order valence-electron chi connectivity index (χ3n) is 3.54. The van der Waals surface area contributed by atoms with Crippen molar-refractivity contribution >= 4 is 5.97 Å². The number of nitrogens with zero attached hydrogens (tertiary/aromatic N) is 3. The Balaban J connectivity index is 1.94. The van der Waals surface area contributed by atoms with Gasteiger partial charge in [-0.05, 0) is 25.5 Å². The minimum atomic E-state index is -0.401. The number of aryl methyl sites for hydroxylation is 1. The molecule has 0 radical (unpaired) electrons. The Morgan fingerprint density at radius 2 is 2.45 bits per heavy atom. The van der Waals surface area contributed by atoms with Gasteiger partial charge in [0.15, 0.2) is 0 Å². The maximum Gasteiger partial charge on any atom is 0.355 e. The van der Waals surface area contributed by atoms with Gasteiger partial charge in [0.25, 0.3) is 0 Å². The van der Waals surface area contributed by atoms with E-state index in [0.29, 0.717) is 24.4 Å². The van der Waals surface area contributed by atoms with Gasteiger partial charge in [0.2, 0.25) is 0 Å². The van der Waals surface area contributed by atoms with E-state index in [9.17, 15) is 4.79 Å². The van der Waals surface area contributed by atoms with E-state index in [0.717, 1.165) is 19.4 Å². The highest BCUT2D eigenvalue weighted by Crippen LogP contribution is 2.17. The van der Waals surface area contributed by atoms with Gasteiger partial charge in [0.05, 0.1) is 12.1 Å². The SMILES string of the molecule is C#CCN1CCC[C@H]1COC(=O)c1cc(C#N)cn1C. The minimum absolute atomic E-state index is 0.200. The lowest BCUT2D eigenvalue weighted by Gasteiger charge is -2.21. The zero-order valence-electron chi connectivity index (χ0n) is 11.5. The summed E-state index contributed by atoms with van der Waals surface area (Å²) in [7, 11) is 1.72. The predicted octanol–water partition coefficient (Wildman–Crippen LogP) is 1.15. The van der Waals surface area contributed by atoms with Crippen LogP contribution in [0.1, 0.15) is 28.9 Å². The fourth-order valence-electron chi connectivity index (χ4n) is 2.48. The Morgan fingerprint density at radius 1 is 1.65 bits per heavy atom. The molecule has 2 rings (SSSR count). The van der Waals surface area contributed by atoms with Crippen molar-refractivity contribution in [1.82, 2.24) is 9.47 Å². The molecular formula is C15H17N3O2. The molecule has 1 aromatic heterocycles. The number of hydrogen-bond donors (Lipinski definition) is 0. The van der Waals surface area contributed by atoms with Crippen LogP contribution in [0.5, 0.6) is 0 Å². The lowest BCUT2D eigenvalue weighted by Crippen LogP contribution is -2.34. The Labute approximate surface area is 118 Å². The molecule has 20 heavy (non-hydrogen) atoms.